The first kappa shape index (κ1) is 25.3. The Morgan fingerprint density at radius 2 is 1.54 bits per heavy atom. The van der Waals surface area contributed by atoms with Crippen LogP contribution in [0.5, 0.6) is 0 Å². The number of amides is 2. The first-order chi connectivity index (χ1) is 18.7. The van der Waals surface area contributed by atoms with E-state index < -0.39 is 0 Å². The fourth-order valence-electron chi connectivity index (χ4n) is 5.95. The maximum atomic E-state index is 14.0. The Morgan fingerprint density at radius 1 is 0.872 bits per heavy atom. The molecule has 2 N–H and O–H groups in total. The molecule has 8 bridgehead atoms. The molecular weight excluding hydrogens is 486 g/mol. The van der Waals surface area contributed by atoms with Crippen LogP contribution in [0.2, 0.25) is 0 Å². The maximum absolute atomic E-state index is 14.0. The predicted molar refractivity (Wildman–Crippen MR) is 156 cm³/mol. The van der Waals surface area contributed by atoms with Crippen LogP contribution >= 0.6 is 0 Å². The molecule has 2 amide bonds. The summed E-state index contributed by atoms with van der Waals surface area (Å²) in [4.78, 5) is 46.0. The minimum atomic E-state index is -0.224. The molecule has 1 atom stereocenters. The zero-order valence-corrected chi connectivity index (χ0v) is 23.4. The van der Waals surface area contributed by atoms with Gasteiger partial charge in [0.1, 0.15) is 0 Å². The number of hydrogen-bond acceptors (Lipinski definition) is 4. The maximum Gasteiger partial charge on any atom is 0.264 e. The van der Waals surface area contributed by atoms with Gasteiger partial charge in [-0.25, -0.2) is 9.97 Å². The van der Waals surface area contributed by atoms with Crippen LogP contribution in [-0.4, -0.2) is 43.2 Å². The molecule has 4 aliphatic rings. The van der Waals surface area contributed by atoms with Crippen LogP contribution in [0.25, 0.3) is 34.3 Å². The SMILES string of the molecule is CCCCCCN1C(=O)c2c3[nH]c(cc4nc(cc5nc(cc6[nH]c2c(c6C)C1=O)C(C)=C5)C=C4C)C(C)C3. The van der Waals surface area contributed by atoms with Gasteiger partial charge in [-0.1, -0.05) is 33.1 Å². The Labute approximate surface area is 228 Å². The molecule has 1 unspecified atom stereocenters. The zero-order chi connectivity index (χ0) is 27.4. The largest absolute Gasteiger partial charge is 0.361 e. The predicted octanol–water partition coefficient (Wildman–Crippen LogP) is 6.99. The summed E-state index contributed by atoms with van der Waals surface area (Å²) in [6.45, 7) is 10.8. The second-order valence-corrected chi connectivity index (χ2v) is 11.2. The third-order valence-electron chi connectivity index (χ3n) is 8.24. The fourth-order valence-corrected chi connectivity index (χ4v) is 5.95. The van der Waals surface area contributed by atoms with Gasteiger partial charge in [-0.2, -0.15) is 0 Å². The number of fused-ring (bicyclic) bond motifs is 8. The molecule has 4 aliphatic heterocycles. The quantitative estimate of drug-likeness (QED) is 0.327. The van der Waals surface area contributed by atoms with E-state index in [1.165, 1.54) is 4.90 Å². The highest BCUT2D eigenvalue weighted by Gasteiger charge is 2.37. The molecule has 6 rings (SSSR count). The van der Waals surface area contributed by atoms with Crippen molar-refractivity contribution in [3.8, 4) is 0 Å². The van der Waals surface area contributed by atoms with Crippen molar-refractivity contribution < 1.29 is 9.59 Å². The van der Waals surface area contributed by atoms with Gasteiger partial charge in [-0.3, -0.25) is 14.5 Å². The summed E-state index contributed by atoms with van der Waals surface area (Å²) in [7, 11) is 0. The number of imide groups is 1. The Morgan fingerprint density at radius 3 is 2.23 bits per heavy atom. The van der Waals surface area contributed by atoms with Gasteiger partial charge in [-0.15, -0.1) is 0 Å². The monoisotopic (exact) mass is 521 g/mol. The summed E-state index contributed by atoms with van der Waals surface area (Å²) in [5.74, 6) is -0.255. The summed E-state index contributed by atoms with van der Waals surface area (Å²) < 4.78 is 0. The van der Waals surface area contributed by atoms with E-state index in [0.29, 0.717) is 29.6 Å². The molecule has 0 spiro atoms. The highest BCUT2D eigenvalue weighted by atomic mass is 16.2. The van der Waals surface area contributed by atoms with Crippen molar-refractivity contribution in [1.82, 2.24) is 24.8 Å². The summed E-state index contributed by atoms with van der Waals surface area (Å²) >= 11 is 0. The minimum Gasteiger partial charge on any atom is -0.361 e. The number of unbranched alkanes of at least 4 members (excludes halogenated alkanes) is 3. The molecular formula is C32H35N5O2. The molecule has 7 heteroatoms. The van der Waals surface area contributed by atoms with Crippen LogP contribution in [0.15, 0.2) is 18.2 Å². The number of aryl methyl sites for hydroxylation is 1. The average molecular weight is 522 g/mol. The van der Waals surface area contributed by atoms with E-state index in [1.54, 1.807) is 0 Å². The number of carbonyl (C=O) groups excluding carboxylic acids is 2. The normalized spacial score (nSPS) is 17.4. The average Bonchev–Trinajstić information content (AvgIpc) is 3.61. The van der Waals surface area contributed by atoms with E-state index in [9.17, 15) is 9.59 Å². The second-order valence-electron chi connectivity index (χ2n) is 11.2. The number of allylic oxidation sites excluding steroid dienone is 2. The number of aromatic amines is 2. The van der Waals surface area contributed by atoms with Crippen molar-refractivity contribution >= 4 is 46.1 Å². The molecule has 0 saturated heterocycles. The highest BCUT2D eigenvalue weighted by molar-refractivity contribution is 6.23. The van der Waals surface area contributed by atoms with E-state index in [4.69, 9.17) is 9.97 Å². The molecule has 200 valence electrons. The van der Waals surface area contributed by atoms with Crippen LogP contribution in [0, 0.1) is 6.92 Å². The van der Waals surface area contributed by atoms with Gasteiger partial charge in [0.2, 0.25) is 0 Å². The molecule has 2 aromatic rings. The third kappa shape index (κ3) is 4.30. The van der Waals surface area contributed by atoms with E-state index in [0.717, 1.165) is 82.1 Å². The van der Waals surface area contributed by atoms with Crippen molar-refractivity contribution in [1.29, 1.82) is 0 Å². The Kier molecular flexibility index (Phi) is 6.25. The lowest BCUT2D eigenvalue weighted by Gasteiger charge is -2.26. The van der Waals surface area contributed by atoms with Gasteiger partial charge < -0.3 is 9.97 Å². The molecule has 2 aromatic heterocycles. The van der Waals surface area contributed by atoms with Crippen molar-refractivity contribution in [2.24, 2.45) is 0 Å². The second kappa shape index (κ2) is 9.63. The topological polar surface area (TPSA) is 94.7 Å². The molecule has 7 nitrogen and oxygen atoms in total. The summed E-state index contributed by atoms with van der Waals surface area (Å²) in [5.41, 5.74) is 10.9. The molecule has 0 aliphatic carbocycles. The first-order valence-corrected chi connectivity index (χ1v) is 14.0. The number of H-pyrrole nitrogens is 2. The van der Waals surface area contributed by atoms with Gasteiger partial charge in [0.15, 0.2) is 0 Å². The van der Waals surface area contributed by atoms with Gasteiger partial charge in [0.25, 0.3) is 11.8 Å². The lowest BCUT2D eigenvalue weighted by Crippen LogP contribution is -2.41. The van der Waals surface area contributed by atoms with E-state index in [2.05, 4.69) is 49.0 Å². The molecule has 0 radical (unpaired) electrons. The molecule has 0 fully saturated rings. The number of nitrogens with zero attached hydrogens (tertiary/aromatic N) is 3. The Hall–Kier alpha value is -4.00. The number of hydrogen-bond donors (Lipinski definition) is 2. The van der Waals surface area contributed by atoms with Crippen molar-refractivity contribution in [2.45, 2.75) is 72.6 Å². The van der Waals surface area contributed by atoms with Crippen LogP contribution in [0.1, 0.15) is 120 Å². The standard InChI is InChI=1S/C32H35N5O2/c1-6-7-8-9-10-37-31(38)28-20(5)26-16-24-18(3)12-22(34-24)14-21-11-17(2)23(33-21)15-25-19(4)13-27(35-25)29(32(37)39)30(28)36-26/h11-12,14-16,19,35-36H,6-10,13H2,1-5H3. The summed E-state index contributed by atoms with van der Waals surface area (Å²) in [5, 5.41) is 0. The third-order valence-corrected chi connectivity index (χ3v) is 8.24. The van der Waals surface area contributed by atoms with Crippen molar-refractivity contribution in [2.75, 3.05) is 6.54 Å². The van der Waals surface area contributed by atoms with Crippen LogP contribution in [0.4, 0.5) is 0 Å². The smallest absolute Gasteiger partial charge is 0.264 e. The fraction of sp³-hybridized carbons (Fsp3) is 0.375. The van der Waals surface area contributed by atoms with Crippen LogP contribution in [0.3, 0.4) is 0 Å². The van der Waals surface area contributed by atoms with E-state index in [-0.39, 0.29) is 17.7 Å². The number of nitrogens with one attached hydrogen (secondary N) is 2. The van der Waals surface area contributed by atoms with Crippen molar-refractivity contribution in [3.63, 3.8) is 0 Å². The highest BCUT2D eigenvalue weighted by Crippen LogP contribution is 2.36. The molecule has 6 heterocycles. The molecule has 0 saturated carbocycles. The van der Waals surface area contributed by atoms with Gasteiger partial charge in [0, 0.05) is 29.4 Å². The zero-order valence-electron chi connectivity index (χ0n) is 23.4. The van der Waals surface area contributed by atoms with Gasteiger partial charge >= 0.3 is 0 Å². The van der Waals surface area contributed by atoms with Crippen molar-refractivity contribution in [3.05, 3.63) is 69.1 Å². The van der Waals surface area contributed by atoms with Crippen LogP contribution < -0.4 is 0 Å². The Bertz CT molecular complexity index is 1670. The number of rotatable bonds is 5. The molecule has 39 heavy (non-hydrogen) atoms. The van der Waals surface area contributed by atoms with Gasteiger partial charge in [0.05, 0.1) is 39.4 Å². The van der Waals surface area contributed by atoms with E-state index >= 15 is 0 Å². The summed E-state index contributed by atoms with van der Waals surface area (Å²) in [6, 6.07) is 6.08. The van der Waals surface area contributed by atoms with Gasteiger partial charge in [-0.05, 0) is 80.7 Å². The lowest BCUT2D eigenvalue weighted by molar-refractivity contribution is 0.0606. The number of aromatic nitrogens is 4. The molecule has 0 aromatic carbocycles. The summed E-state index contributed by atoms with van der Waals surface area (Å²) in [6.07, 6.45) is 8.81. The Balaban J connectivity index is 1.66. The number of carbonyl (C=O) groups is 2. The minimum absolute atomic E-state index is 0.183. The first-order valence-electron chi connectivity index (χ1n) is 14.0. The van der Waals surface area contributed by atoms with Crippen LogP contribution in [-0.2, 0) is 6.42 Å². The van der Waals surface area contributed by atoms with E-state index in [1.807, 2.05) is 26.0 Å². The lowest BCUT2D eigenvalue weighted by atomic mass is 9.97.